The maximum Gasteiger partial charge on any atom is 0.322 e. The van der Waals surface area contributed by atoms with Gasteiger partial charge in [-0.15, -0.1) is 0 Å². The molecule has 0 aliphatic carbocycles. The van der Waals surface area contributed by atoms with Crippen LogP contribution in [-0.2, 0) is 15.3 Å². The first-order valence-electron chi connectivity index (χ1n) is 5.88. The molecule has 0 aliphatic heterocycles. The zero-order chi connectivity index (χ0) is 13.4. The molecule has 0 heterocycles. The summed E-state index contributed by atoms with van der Waals surface area (Å²) in [5.41, 5.74) is 6.59. The number of hydrogen-bond donors (Lipinski definition) is 1. The Kier molecular flexibility index (Phi) is 6.75. The van der Waals surface area contributed by atoms with Gasteiger partial charge in [-0.3, -0.25) is 4.79 Å². The minimum Gasteiger partial charge on any atom is -0.465 e. The Morgan fingerprint density at radius 2 is 2.33 bits per heavy atom. The van der Waals surface area contributed by atoms with Crippen molar-refractivity contribution in [2.24, 2.45) is 5.73 Å². The van der Waals surface area contributed by atoms with E-state index in [2.05, 4.69) is 0 Å². The molecule has 1 aromatic carbocycles. The first-order valence-corrected chi connectivity index (χ1v) is 7.03. The second-order valence-corrected chi connectivity index (χ2v) is 4.93. The van der Waals surface area contributed by atoms with Crippen LogP contribution in [-0.4, -0.2) is 24.4 Å². The summed E-state index contributed by atoms with van der Waals surface area (Å²) in [5.74, 6) is 0.879. The van der Waals surface area contributed by atoms with Gasteiger partial charge in [0, 0.05) is 5.75 Å². The predicted octanol–water partition coefficient (Wildman–Crippen LogP) is 2.34. The smallest absolute Gasteiger partial charge is 0.322 e. The van der Waals surface area contributed by atoms with E-state index in [1.165, 1.54) is 12.1 Å². The fourth-order valence-electron chi connectivity index (χ4n) is 1.39. The molecule has 0 saturated carbocycles. The second-order valence-electron chi connectivity index (χ2n) is 3.83. The fraction of sp³-hybridized carbons (Fsp3) is 0.462. The number of esters is 1. The quantitative estimate of drug-likeness (QED) is 0.611. The Morgan fingerprint density at radius 1 is 1.56 bits per heavy atom. The average Bonchev–Trinajstić information content (AvgIpc) is 2.35. The summed E-state index contributed by atoms with van der Waals surface area (Å²) in [5, 5.41) is 0. The molecule has 0 radical (unpaired) electrons. The monoisotopic (exact) mass is 271 g/mol. The van der Waals surface area contributed by atoms with E-state index in [9.17, 15) is 9.18 Å². The molecule has 1 unspecified atom stereocenters. The molecule has 0 spiro atoms. The molecule has 0 amide bonds. The predicted molar refractivity (Wildman–Crippen MR) is 71.8 cm³/mol. The van der Waals surface area contributed by atoms with Crippen LogP contribution in [0.25, 0.3) is 0 Å². The molecule has 100 valence electrons. The van der Waals surface area contributed by atoms with E-state index in [-0.39, 0.29) is 11.8 Å². The highest BCUT2D eigenvalue weighted by Crippen LogP contribution is 2.14. The Hall–Kier alpha value is -1.07. The molecule has 18 heavy (non-hydrogen) atoms. The molecule has 0 aliphatic rings. The van der Waals surface area contributed by atoms with Crippen molar-refractivity contribution in [3.63, 3.8) is 0 Å². The van der Waals surface area contributed by atoms with E-state index < -0.39 is 6.04 Å². The van der Waals surface area contributed by atoms with Crippen LogP contribution in [0, 0.1) is 5.82 Å². The van der Waals surface area contributed by atoms with Crippen molar-refractivity contribution in [2.45, 2.75) is 25.1 Å². The molecule has 1 atom stereocenters. The van der Waals surface area contributed by atoms with E-state index in [4.69, 9.17) is 10.5 Å². The maximum absolute atomic E-state index is 12.9. The minimum absolute atomic E-state index is 0.226. The number of rotatable bonds is 7. The first-order chi connectivity index (χ1) is 8.63. The van der Waals surface area contributed by atoms with Crippen LogP contribution in [0.3, 0.4) is 0 Å². The number of carbonyl (C=O) groups is 1. The van der Waals surface area contributed by atoms with Crippen LogP contribution < -0.4 is 5.73 Å². The van der Waals surface area contributed by atoms with E-state index in [1.807, 2.05) is 6.07 Å². The van der Waals surface area contributed by atoms with Gasteiger partial charge in [0.1, 0.15) is 11.9 Å². The third kappa shape index (κ3) is 5.51. The maximum atomic E-state index is 12.9. The van der Waals surface area contributed by atoms with Gasteiger partial charge >= 0.3 is 5.97 Å². The van der Waals surface area contributed by atoms with E-state index in [0.29, 0.717) is 18.8 Å². The SMILES string of the molecule is CCOC(=O)C(N)CCSCc1cccc(F)c1. The van der Waals surface area contributed by atoms with E-state index in [0.717, 1.165) is 11.3 Å². The number of carbonyl (C=O) groups excluding carboxylic acids is 1. The molecular weight excluding hydrogens is 253 g/mol. The zero-order valence-corrected chi connectivity index (χ0v) is 11.2. The van der Waals surface area contributed by atoms with Crippen molar-refractivity contribution in [3.8, 4) is 0 Å². The van der Waals surface area contributed by atoms with Gasteiger partial charge in [0.15, 0.2) is 0 Å². The van der Waals surface area contributed by atoms with Crippen molar-refractivity contribution >= 4 is 17.7 Å². The highest BCUT2D eigenvalue weighted by molar-refractivity contribution is 7.98. The lowest BCUT2D eigenvalue weighted by Crippen LogP contribution is -2.32. The van der Waals surface area contributed by atoms with Gasteiger partial charge in [0.05, 0.1) is 6.61 Å². The minimum atomic E-state index is -0.565. The van der Waals surface area contributed by atoms with E-state index in [1.54, 1.807) is 24.8 Å². The molecule has 3 nitrogen and oxygen atoms in total. The van der Waals surface area contributed by atoms with Gasteiger partial charge < -0.3 is 10.5 Å². The van der Waals surface area contributed by atoms with Gasteiger partial charge in [-0.25, -0.2) is 4.39 Å². The summed E-state index contributed by atoms with van der Waals surface area (Å²) in [7, 11) is 0. The number of benzene rings is 1. The fourth-order valence-corrected chi connectivity index (χ4v) is 2.37. The third-order valence-corrected chi connectivity index (χ3v) is 3.38. The van der Waals surface area contributed by atoms with Crippen molar-refractivity contribution in [2.75, 3.05) is 12.4 Å². The molecule has 0 aromatic heterocycles. The topological polar surface area (TPSA) is 52.3 Å². The van der Waals surface area contributed by atoms with Crippen LogP contribution in [0.4, 0.5) is 4.39 Å². The highest BCUT2D eigenvalue weighted by atomic mass is 32.2. The van der Waals surface area contributed by atoms with Crippen LogP contribution in [0.15, 0.2) is 24.3 Å². The van der Waals surface area contributed by atoms with Crippen LogP contribution in [0.1, 0.15) is 18.9 Å². The van der Waals surface area contributed by atoms with Gasteiger partial charge in [-0.2, -0.15) is 11.8 Å². The van der Waals surface area contributed by atoms with Crippen molar-refractivity contribution < 1.29 is 13.9 Å². The Labute approximate surface area is 111 Å². The normalized spacial score (nSPS) is 12.2. The van der Waals surface area contributed by atoms with Gasteiger partial charge in [-0.1, -0.05) is 12.1 Å². The number of hydrogen-bond acceptors (Lipinski definition) is 4. The summed E-state index contributed by atoms with van der Waals surface area (Å²) in [6.45, 7) is 2.10. The first kappa shape index (κ1) is 15.0. The van der Waals surface area contributed by atoms with Crippen molar-refractivity contribution in [1.29, 1.82) is 0 Å². The largest absolute Gasteiger partial charge is 0.465 e. The molecular formula is C13H18FNO2S. The van der Waals surface area contributed by atoms with Crippen molar-refractivity contribution in [1.82, 2.24) is 0 Å². The highest BCUT2D eigenvalue weighted by Gasteiger charge is 2.13. The van der Waals surface area contributed by atoms with Crippen LogP contribution >= 0.6 is 11.8 Å². The summed E-state index contributed by atoms with van der Waals surface area (Å²) < 4.78 is 17.7. The second kappa shape index (κ2) is 8.11. The lowest BCUT2D eigenvalue weighted by atomic mass is 10.2. The van der Waals surface area contributed by atoms with Crippen LogP contribution in [0.2, 0.25) is 0 Å². The molecule has 0 bridgehead atoms. The summed E-state index contributed by atoms with van der Waals surface area (Å²) in [6, 6.07) is 5.94. The number of nitrogens with two attached hydrogens (primary N) is 1. The molecule has 0 saturated heterocycles. The number of thioether (sulfide) groups is 1. The molecule has 0 fully saturated rings. The van der Waals surface area contributed by atoms with Crippen molar-refractivity contribution in [3.05, 3.63) is 35.6 Å². The zero-order valence-electron chi connectivity index (χ0n) is 10.4. The summed E-state index contributed by atoms with van der Waals surface area (Å²) in [6.07, 6.45) is 0.568. The summed E-state index contributed by atoms with van der Waals surface area (Å²) >= 11 is 1.62. The summed E-state index contributed by atoms with van der Waals surface area (Å²) in [4.78, 5) is 11.2. The lowest BCUT2D eigenvalue weighted by molar-refractivity contribution is -0.144. The molecule has 2 N–H and O–H groups in total. The Morgan fingerprint density at radius 3 is 3.00 bits per heavy atom. The third-order valence-electron chi connectivity index (χ3n) is 2.32. The van der Waals surface area contributed by atoms with Gasteiger partial charge in [0.25, 0.3) is 0 Å². The van der Waals surface area contributed by atoms with Crippen LogP contribution in [0.5, 0.6) is 0 Å². The Balaban J connectivity index is 2.20. The molecule has 5 heteroatoms. The standard InChI is InChI=1S/C13H18FNO2S/c1-2-17-13(16)12(15)6-7-18-9-10-4-3-5-11(14)8-10/h3-5,8,12H,2,6-7,9,15H2,1H3. The molecule has 1 rings (SSSR count). The number of ether oxygens (including phenoxy) is 1. The van der Waals surface area contributed by atoms with Gasteiger partial charge in [-0.05, 0) is 36.8 Å². The van der Waals surface area contributed by atoms with Gasteiger partial charge in [0.2, 0.25) is 0 Å². The number of halogens is 1. The molecule has 1 aromatic rings. The average molecular weight is 271 g/mol. The Bertz CT molecular complexity index is 387. The van der Waals surface area contributed by atoms with E-state index >= 15 is 0 Å². The lowest BCUT2D eigenvalue weighted by Gasteiger charge is -2.09.